The molecule has 62 valence electrons. The molecule has 0 aliphatic heterocycles. The van der Waals surface area contributed by atoms with Gasteiger partial charge in [-0.3, -0.25) is 0 Å². The molecule has 0 atom stereocenters. The summed E-state index contributed by atoms with van der Waals surface area (Å²) in [6, 6.07) is 0. The second-order valence-electron chi connectivity index (χ2n) is 2.43. The van der Waals surface area contributed by atoms with Crippen LogP contribution < -0.4 is 0 Å². The number of aliphatic hydroxyl groups is 1. The predicted octanol–water partition coefficient (Wildman–Crippen LogP) is 2.73. The standard InChI is InChI=1S/C7H14Cl2O/c1-2-3-4-7(8,9)5-6-10/h10H,2-6H2,1H3. The van der Waals surface area contributed by atoms with Crippen molar-refractivity contribution >= 4 is 23.2 Å². The van der Waals surface area contributed by atoms with Crippen LogP contribution in [0.5, 0.6) is 0 Å². The highest BCUT2D eigenvalue weighted by Gasteiger charge is 2.21. The van der Waals surface area contributed by atoms with Gasteiger partial charge in [0.05, 0.1) is 0 Å². The molecule has 0 fully saturated rings. The third-order valence-corrected chi connectivity index (χ3v) is 2.13. The summed E-state index contributed by atoms with van der Waals surface area (Å²) >= 11 is 11.6. The Labute approximate surface area is 72.3 Å². The first-order valence-electron chi connectivity index (χ1n) is 3.61. The number of halogens is 2. The van der Waals surface area contributed by atoms with Crippen LogP contribution >= 0.6 is 23.2 Å². The van der Waals surface area contributed by atoms with Gasteiger partial charge in [-0.1, -0.05) is 19.8 Å². The Morgan fingerprint density at radius 1 is 1.30 bits per heavy atom. The van der Waals surface area contributed by atoms with Crippen molar-refractivity contribution in [1.29, 1.82) is 0 Å². The van der Waals surface area contributed by atoms with Gasteiger partial charge in [-0.2, -0.15) is 0 Å². The zero-order valence-corrected chi connectivity index (χ0v) is 7.75. The van der Waals surface area contributed by atoms with Gasteiger partial charge < -0.3 is 5.11 Å². The SMILES string of the molecule is CCCCC(Cl)(Cl)CCO. The predicted molar refractivity (Wildman–Crippen MR) is 45.7 cm³/mol. The quantitative estimate of drug-likeness (QED) is 0.653. The molecule has 0 aromatic rings. The van der Waals surface area contributed by atoms with Gasteiger partial charge in [-0.15, -0.1) is 23.2 Å². The summed E-state index contributed by atoms with van der Waals surface area (Å²) in [4.78, 5) is 0. The molecule has 1 N–H and O–H groups in total. The number of unbranched alkanes of at least 4 members (excludes halogenated alkanes) is 1. The molecule has 3 heteroatoms. The van der Waals surface area contributed by atoms with Crippen molar-refractivity contribution in [2.24, 2.45) is 0 Å². The van der Waals surface area contributed by atoms with Gasteiger partial charge in [0.15, 0.2) is 0 Å². The van der Waals surface area contributed by atoms with E-state index in [1.165, 1.54) is 0 Å². The molecule has 0 aromatic carbocycles. The Balaban J connectivity index is 3.42. The lowest BCUT2D eigenvalue weighted by Crippen LogP contribution is -2.14. The number of hydrogen-bond donors (Lipinski definition) is 1. The fourth-order valence-electron chi connectivity index (χ4n) is 0.724. The lowest BCUT2D eigenvalue weighted by molar-refractivity contribution is 0.278. The summed E-state index contributed by atoms with van der Waals surface area (Å²) in [5, 5.41) is 8.53. The lowest BCUT2D eigenvalue weighted by atomic mass is 10.1. The van der Waals surface area contributed by atoms with E-state index in [9.17, 15) is 0 Å². The van der Waals surface area contributed by atoms with Crippen LogP contribution in [0.15, 0.2) is 0 Å². The minimum absolute atomic E-state index is 0.0662. The van der Waals surface area contributed by atoms with Crippen molar-refractivity contribution < 1.29 is 5.11 Å². The number of rotatable bonds is 5. The molecule has 0 bridgehead atoms. The maximum absolute atomic E-state index is 8.53. The monoisotopic (exact) mass is 184 g/mol. The van der Waals surface area contributed by atoms with Gasteiger partial charge in [0.1, 0.15) is 4.33 Å². The van der Waals surface area contributed by atoms with E-state index in [1.807, 2.05) is 0 Å². The highest BCUT2D eigenvalue weighted by atomic mass is 35.5. The van der Waals surface area contributed by atoms with Crippen molar-refractivity contribution in [2.45, 2.75) is 36.9 Å². The second kappa shape index (κ2) is 5.22. The van der Waals surface area contributed by atoms with Gasteiger partial charge in [0.25, 0.3) is 0 Å². The fourth-order valence-corrected chi connectivity index (χ4v) is 1.16. The Morgan fingerprint density at radius 2 is 1.90 bits per heavy atom. The van der Waals surface area contributed by atoms with Crippen molar-refractivity contribution in [3.63, 3.8) is 0 Å². The van der Waals surface area contributed by atoms with E-state index >= 15 is 0 Å². The third-order valence-electron chi connectivity index (χ3n) is 1.37. The molecule has 0 aliphatic carbocycles. The minimum atomic E-state index is -0.704. The molecular formula is C7H14Cl2O. The van der Waals surface area contributed by atoms with E-state index < -0.39 is 4.33 Å². The van der Waals surface area contributed by atoms with Crippen molar-refractivity contribution in [3.05, 3.63) is 0 Å². The summed E-state index contributed by atoms with van der Waals surface area (Å²) in [5.41, 5.74) is 0. The van der Waals surface area contributed by atoms with Gasteiger partial charge in [-0.05, 0) is 6.42 Å². The van der Waals surface area contributed by atoms with Gasteiger partial charge in [-0.25, -0.2) is 0 Å². The van der Waals surface area contributed by atoms with Crippen molar-refractivity contribution in [3.8, 4) is 0 Å². The Hall–Kier alpha value is 0.540. The van der Waals surface area contributed by atoms with Gasteiger partial charge in [0.2, 0.25) is 0 Å². The van der Waals surface area contributed by atoms with Crippen LogP contribution in [0.3, 0.4) is 0 Å². The van der Waals surface area contributed by atoms with E-state index in [2.05, 4.69) is 6.92 Å². The molecule has 0 saturated heterocycles. The highest BCUT2D eigenvalue weighted by Crippen LogP contribution is 2.30. The van der Waals surface area contributed by atoms with Crippen molar-refractivity contribution in [1.82, 2.24) is 0 Å². The van der Waals surface area contributed by atoms with Gasteiger partial charge >= 0.3 is 0 Å². The summed E-state index contributed by atoms with van der Waals surface area (Å²) in [6.07, 6.45) is 3.35. The van der Waals surface area contributed by atoms with Crippen LogP contribution in [0.4, 0.5) is 0 Å². The molecule has 0 spiro atoms. The van der Waals surface area contributed by atoms with Crippen LogP contribution in [0.1, 0.15) is 32.6 Å². The summed E-state index contributed by atoms with van der Waals surface area (Å²) in [5.74, 6) is 0. The average Bonchev–Trinajstić information content (AvgIpc) is 1.84. The second-order valence-corrected chi connectivity index (χ2v) is 4.07. The van der Waals surface area contributed by atoms with Crippen LogP contribution in [-0.2, 0) is 0 Å². The summed E-state index contributed by atoms with van der Waals surface area (Å²) in [6.45, 7) is 2.15. The first kappa shape index (κ1) is 10.5. The summed E-state index contributed by atoms with van der Waals surface area (Å²) < 4.78 is -0.704. The average molecular weight is 185 g/mol. The van der Waals surface area contributed by atoms with E-state index in [0.717, 1.165) is 19.3 Å². The number of hydrogen-bond acceptors (Lipinski definition) is 1. The molecule has 0 amide bonds. The zero-order valence-electron chi connectivity index (χ0n) is 6.24. The molecular weight excluding hydrogens is 171 g/mol. The molecule has 0 unspecified atom stereocenters. The largest absolute Gasteiger partial charge is 0.396 e. The molecule has 10 heavy (non-hydrogen) atoms. The normalized spacial score (nSPS) is 12.0. The molecule has 1 nitrogen and oxygen atoms in total. The molecule has 0 rings (SSSR count). The van der Waals surface area contributed by atoms with Crippen molar-refractivity contribution in [2.75, 3.05) is 6.61 Å². The van der Waals surface area contributed by atoms with Gasteiger partial charge in [0, 0.05) is 13.0 Å². The topological polar surface area (TPSA) is 20.2 Å². The number of aliphatic hydroxyl groups excluding tert-OH is 1. The molecule has 0 aromatic heterocycles. The Morgan fingerprint density at radius 3 is 2.30 bits per heavy atom. The van der Waals surface area contributed by atoms with E-state index in [1.54, 1.807) is 0 Å². The van der Waals surface area contributed by atoms with Crippen LogP contribution in [-0.4, -0.2) is 16.0 Å². The van der Waals surface area contributed by atoms with E-state index in [0.29, 0.717) is 6.42 Å². The summed E-state index contributed by atoms with van der Waals surface area (Å²) in [7, 11) is 0. The molecule has 0 aliphatic rings. The maximum Gasteiger partial charge on any atom is 0.120 e. The Bertz CT molecular complexity index is 83.7. The highest BCUT2D eigenvalue weighted by molar-refractivity contribution is 6.48. The third kappa shape index (κ3) is 5.33. The molecule has 0 radical (unpaired) electrons. The van der Waals surface area contributed by atoms with E-state index in [4.69, 9.17) is 28.3 Å². The first-order chi connectivity index (χ1) is 4.62. The zero-order chi connectivity index (χ0) is 8.04. The minimum Gasteiger partial charge on any atom is -0.396 e. The molecule has 0 saturated carbocycles. The van der Waals surface area contributed by atoms with Crippen LogP contribution in [0.25, 0.3) is 0 Å². The first-order valence-corrected chi connectivity index (χ1v) is 4.36. The maximum atomic E-state index is 8.53. The smallest absolute Gasteiger partial charge is 0.120 e. The fraction of sp³-hybridized carbons (Fsp3) is 1.00. The van der Waals surface area contributed by atoms with E-state index in [-0.39, 0.29) is 6.61 Å². The number of alkyl halides is 2. The Kier molecular flexibility index (Phi) is 5.51. The molecule has 0 heterocycles. The van der Waals surface area contributed by atoms with Crippen LogP contribution in [0.2, 0.25) is 0 Å². The van der Waals surface area contributed by atoms with Crippen LogP contribution in [0, 0.1) is 0 Å². The lowest BCUT2D eigenvalue weighted by Gasteiger charge is -2.16.